The Balaban J connectivity index is 1.99. The molecule has 1 atom stereocenters. The van der Waals surface area contributed by atoms with Gasteiger partial charge in [0.15, 0.2) is 0 Å². The predicted molar refractivity (Wildman–Crippen MR) is 73.0 cm³/mol. The molecule has 2 heterocycles. The van der Waals surface area contributed by atoms with E-state index in [4.69, 9.17) is 0 Å². The van der Waals surface area contributed by atoms with Crippen molar-refractivity contribution in [1.29, 1.82) is 0 Å². The minimum absolute atomic E-state index is 0.0722. The van der Waals surface area contributed by atoms with E-state index in [0.717, 1.165) is 36.2 Å². The third kappa shape index (κ3) is 1.82. The Hall–Kier alpha value is -1.84. The summed E-state index contributed by atoms with van der Waals surface area (Å²) in [7, 11) is 0. The fourth-order valence-electron chi connectivity index (χ4n) is 3.04. The van der Waals surface area contributed by atoms with Crippen LogP contribution in [0.5, 0.6) is 0 Å². The first-order chi connectivity index (χ1) is 9.09. The smallest absolute Gasteiger partial charge is 0.250 e. The maximum absolute atomic E-state index is 12.5. The van der Waals surface area contributed by atoms with E-state index >= 15 is 0 Å². The molecule has 3 rings (SSSR count). The summed E-state index contributed by atoms with van der Waals surface area (Å²) >= 11 is 0. The summed E-state index contributed by atoms with van der Waals surface area (Å²) in [5, 5.41) is 0. The number of nitrogens with zero attached hydrogens (tertiary/aromatic N) is 2. The van der Waals surface area contributed by atoms with E-state index in [9.17, 15) is 9.59 Å². The number of benzene rings is 1. The van der Waals surface area contributed by atoms with E-state index in [1.165, 1.54) is 0 Å². The first-order valence-electron chi connectivity index (χ1n) is 6.76. The molecule has 4 heteroatoms. The fraction of sp³-hybridized carbons (Fsp3) is 0.467. The number of anilines is 1. The lowest BCUT2D eigenvalue weighted by molar-refractivity contribution is -0.140. The van der Waals surface area contributed by atoms with Crippen LogP contribution in [0.4, 0.5) is 5.69 Å². The molecule has 19 heavy (non-hydrogen) atoms. The average molecular weight is 258 g/mol. The number of rotatable bonds is 1. The van der Waals surface area contributed by atoms with Crippen LogP contribution in [0.15, 0.2) is 18.2 Å². The molecule has 2 aliphatic rings. The molecule has 4 nitrogen and oxygen atoms in total. The molecule has 0 aliphatic carbocycles. The van der Waals surface area contributed by atoms with E-state index < -0.39 is 0 Å². The topological polar surface area (TPSA) is 40.6 Å². The van der Waals surface area contributed by atoms with Crippen molar-refractivity contribution in [3.05, 3.63) is 29.3 Å². The van der Waals surface area contributed by atoms with Gasteiger partial charge in [-0.15, -0.1) is 0 Å². The number of carbonyl (C=O) groups is 2. The number of hydrogen-bond donors (Lipinski definition) is 0. The largest absolute Gasteiger partial charge is 0.329 e. The zero-order valence-corrected chi connectivity index (χ0v) is 11.3. The van der Waals surface area contributed by atoms with Gasteiger partial charge in [-0.3, -0.25) is 9.59 Å². The van der Waals surface area contributed by atoms with Crippen LogP contribution in [0.2, 0.25) is 0 Å². The van der Waals surface area contributed by atoms with Gasteiger partial charge in [0.25, 0.3) is 0 Å². The fourth-order valence-corrected chi connectivity index (χ4v) is 3.04. The van der Waals surface area contributed by atoms with E-state index in [1.54, 1.807) is 9.80 Å². The Morgan fingerprint density at radius 3 is 2.79 bits per heavy atom. The summed E-state index contributed by atoms with van der Waals surface area (Å²) < 4.78 is 0. The summed E-state index contributed by atoms with van der Waals surface area (Å²) in [5.41, 5.74) is 3.10. The van der Waals surface area contributed by atoms with Crippen molar-refractivity contribution in [1.82, 2.24) is 4.90 Å². The number of carbonyl (C=O) groups excluding carboxylic acids is 2. The minimum Gasteiger partial charge on any atom is -0.329 e. The van der Waals surface area contributed by atoms with Gasteiger partial charge in [0.05, 0.1) is 0 Å². The second-order valence-corrected chi connectivity index (χ2v) is 5.39. The Labute approximate surface area is 113 Å². The SMILES string of the molecule is Cc1cccc(N2CC(=O)N3CCCC3C2=O)c1C. The second-order valence-electron chi connectivity index (χ2n) is 5.39. The molecule has 2 fully saturated rings. The van der Waals surface area contributed by atoms with Gasteiger partial charge >= 0.3 is 0 Å². The lowest BCUT2D eigenvalue weighted by Gasteiger charge is -2.37. The van der Waals surface area contributed by atoms with Crippen molar-refractivity contribution in [3.63, 3.8) is 0 Å². The highest BCUT2D eigenvalue weighted by Gasteiger charge is 2.42. The van der Waals surface area contributed by atoms with Gasteiger partial charge < -0.3 is 9.80 Å². The highest BCUT2D eigenvalue weighted by molar-refractivity contribution is 6.07. The number of hydrogen-bond acceptors (Lipinski definition) is 2. The summed E-state index contributed by atoms with van der Waals surface area (Å²) in [6, 6.07) is 5.66. The van der Waals surface area contributed by atoms with E-state index in [2.05, 4.69) is 0 Å². The molecule has 0 spiro atoms. The van der Waals surface area contributed by atoms with Gasteiger partial charge in [0.2, 0.25) is 11.8 Å². The molecule has 2 saturated heterocycles. The van der Waals surface area contributed by atoms with E-state index in [-0.39, 0.29) is 24.4 Å². The van der Waals surface area contributed by atoms with E-state index in [0.29, 0.717) is 0 Å². The lowest BCUT2D eigenvalue weighted by Crippen LogP contribution is -2.57. The van der Waals surface area contributed by atoms with Gasteiger partial charge in [-0.1, -0.05) is 12.1 Å². The Morgan fingerprint density at radius 1 is 1.21 bits per heavy atom. The minimum atomic E-state index is -0.235. The molecule has 0 radical (unpaired) electrons. The molecular weight excluding hydrogens is 240 g/mol. The first kappa shape index (κ1) is 12.2. The van der Waals surface area contributed by atoms with Crippen LogP contribution in [0.25, 0.3) is 0 Å². The van der Waals surface area contributed by atoms with Crippen LogP contribution in [0.1, 0.15) is 24.0 Å². The third-order valence-electron chi connectivity index (χ3n) is 4.28. The van der Waals surface area contributed by atoms with Crippen molar-refractivity contribution in [2.45, 2.75) is 32.7 Å². The third-order valence-corrected chi connectivity index (χ3v) is 4.28. The Kier molecular flexibility index (Phi) is 2.81. The number of piperazine rings is 1. The highest BCUT2D eigenvalue weighted by atomic mass is 16.2. The Morgan fingerprint density at radius 2 is 2.00 bits per heavy atom. The van der Waals surface area contributed by atoms with Crippen molar-refractivity contribution in [2.75, 3.05) is 18.0 Å². The van der Waals surface area contributed by atoms with Crippen molar-refractivity contribution < 1.29 is 9.59 Å². The molecule has 100 valence electrons. The predicted octanol–water partition coefficient (Wildman–Crippen LogP) is 1.64. The molecule has 1 unspecified atom stereocenters. The first-order valence-corrected chi connectivity index (χ1v) is 6.76. The Bertz CT molecular complexity index is 553. The normalized spacial score (nSPS) is 22.9. The monoisotopic (exact) mass is 258 g/mol. The van der Waals surface area contributed by atoms with Gasteiger partial charge in [0, 0.05) is 12.2 Å². The number of fused-ring (bicyclic) bond motifs is 1. The maximum atomic E-state index is 12.5. The maximum Gasteiger partial charge on any atom is 0.250 e. The molecule has 0 saturated carbocycles. The van der Waals surface area contributed by atoms with Gasteiger partial charge in [-0.2, -0.15) is 0 Å². The lowest BCUT2D eigenvalue weighted by atomic mass is 10.0. The summed E-state index contributed by atoms with van der Waals surface area (Å²) in [6.07, 6.45) is 1.73. The summed E-state index contributed by atoms with van der Waals surface area (Å²) in [6.45, 7) is 4.94. The van der Waals surface area contributed by atoms with E-state index in [1.807, 2.05) is 32.0 Å². The molecule has 0 bridgehead atoms. The van der Waals surface area contributed by atoms with Crippen LogP contribution in [-0.2, 0) is 9.59 Å². The number of aryl methyl sites for hydroxylation is 1. The van der Waals surface area contributed by atoms with Gasteiger partial charge in [-0.25, -0.2) is 0 Å². The average Bonchev–Trinajstić information content (AvgIpc) is 2.87. The zero-order valence-electron chi connectivity index (χ0n) is 11.3. The zero-order chi connectivity index (χ0) is 13.6. The standard InChI is InChI=1S/C15H18N2O2/c1-10-5-3-6-12(11(10)2)17-9-14(18)16-8-4-7-13(16)15(17)19/h3,5-6,13H,4,7-9H2,1-2H3. The molecule has 2 aliphatic heterocycles. The van der Waals surface area contributed by atoms with Crippen molar-refractivity contribution >= 4 is 17.5 Å². The molecule has 1 aromatic carbocycles. The van der Waals surface area contributed by atoms with Crippen LogP contribution >= 0.6 is 0 Å². The summed E-state index contributed by atoms with van der Waals surface area (Å²) in [5.74, 6) is 0.147. The van der Waals surface area contributed by atoms with Crippen molar-refractivity contribution in [2.24, 2.45) is 0 Å². The van der Waals surface area contributed by atoms with Crippen LogP contribution in [0, 0.1) is 13.8 Å². The highest BCUT2D eigenvalue weighted by Crippen LogP contribution is 2.30. The summed E-state index contributed by atoms with van der Waals surface area (Å²) in [4.78, 5) is 28.1. The van der Waals surface area contributed by atoms with Crippen LogP contribution < -0.4 is 4.90 Å². The molecular formula is C15H18N2O2. The molecule has 0 N–H and O–H groups in total. The van der Waals surface area contributed by atoms with Crippen LogP contribution in [0.3, 0.4) is 0 Å². The molecule has 1 aromatic rings. The molecule has 0 aromatic heterocycles. The van der Waals surface area contributed by atoms with Crippen LogP contribution in [-0.4, -0.2) is 35.8 Å². The molecule has 2 amide bonds. The van der Waals surface area contributed by atoms with Gasteiger partial charge in [0.1, 0.15) is 12.6 Å². The van der Waals surface area contributed by atoms with Gasteiger partial charge in [-0.05, 0) is 43.9 Å². The quantitative estimate of drug-likeness (QED) is 0.768. The van der Waals surface area contributed by atoms with Crippen molar-refractivity contribution in [3.8, 4) is 0 Å². The number of amides is 2. The second kappa shape index (κ2) is 4.37.